The van der Waals surface area contributed by atoms with Crippen LogP contribution in [0.2, 0.25) is 0 Å². The number of hydrogen-bond donors (Lipinski definition) is 1. The highest BCUT2D eigenvalue weighted by Crippen LogP contribution is 2.43. The molecule has 1 saturated heterocycles. The first-order chi connectivity index (χ1) is 29.5. The van der Waals surface area contributed by atoms with E-state index in [4.69, 9.17) is 23.3 Å². The summed E-state index contributed by atoms with van der Waals surface area (Å²) in [7, 11) is 1.38. The molecule has 1 aliphatic heterocycles. The Morgan fingerprint density at radius 3 is 1.67 bits per heavy atom. The van der Waals surface area contributed by atoms with Gasteiger partial charge in [0.1, 0.15) is 19.8 Å². The molecule has 3 unspecified atom stereocenters. The number of carbonyl (C=O) groups excluding carboxylic acids is 2. The average Bonchev–Trinajstić information content (AvgIpc) is 3.97. The van der Waals surface area contributed by atoms with Crippen LogP contribution in [0.15, 0.2) is 97.2 Å². The number of epoxide rings is 1. The Morgan fingerprint density at radius 2 is 1.11 bits per heavy atom. The van der Waals surface area contributed by atoms with Gasteiger partial charge in [-0.25, -0.2) is 4.57 Å². The lowest BCUT2D eigenvalue weighted by Gasteiger charge is -2.24. The number of nitrogens with zero attached hydrogens (tertiary/aromatic N) is 1. The van der Waals surface area contributed by atoms with Crippen LogP contribution in [-0.2, 0) is 37.4 Å². The summed E-state index contributed by atoms with van der Waals surface area (Å²) in [5, 5.41) is 0. The maximum atomic E-state index is 12.7. The van der Waals surface area contributed by atoms with Gasteiger partial charge in [0.05, 0.1) is 40.0 Å². The second-order valence-electron chi connectivity index (χ2n) is 16.5. The van der Waals surface area contributed by atoms with E-state index in [1.807, 2.05) is 39.4 Å². The molecule has 1 aliphatic rings. The van der Waals surface area contributed by atoms with Gasteiger partial charge in [0, 0.05) is 12.8 Å². The van der Waals surface area contributed by atoms with Crippen LogP contribution in [0.3, 0.4) is 0 Å². The van der Waals surface area contributed by atoms with Crippen LogP contribution in [0, 0.1) is 0 Å². The van der Waals surface area contributed by atoms with Gasteiger partial charge in [0.15, 0.2) is 6.10 Å². The highest BCUT2D eigenvalue weighted by molar-refractivity contribution is 7.47. The van der Waals surface area contributed by atoms with Gasteiger partial charge in [0.2, 0.25) is 0 Å². The normalized spacial score (nSPS) is 17.7. The van der Waals surface area contributed by atoms with Gasteiger partial charge in [-0.3, -0.25) is 18.6 Å². The van der Waals surface area contributed by atoms with E-state index in [2.05, 4.69) is 92.8 Å². The van der Waals surface area contributed by atoms with Crippen molar-refractivity contribution < 1.29 is 46.8 Å². The molecule has 1 heterocycles. The van der Waals surface area contributed by atoms with Gasteiger partial charge in [-0.05, 0) is 83.5 Å². The molecule has 0 amide bonds. The molecule has 0 aliphatic carbocycles. The Balaban J connectivity index is 2.37. The molecule has 346 valence electrons. The predicted molar refractivity (Wildman–Crippen MR) is 251 cm³/mol. The zero-order valence-electron chi connectivity index (χ0n) is 38.5. The van der Waals surface area contributed by atoms with Crippen LogP contribution in [0.4, 0.5) is 0 Å². The number of quaternary nitrogens is 1. The number of allylic oxidation sites excluding steroid dienone is 15. The van der Waals surface area contributed by atoms with E-state index in [0.717, 1.165) is 44.9 Å². The minimum absolute atomic E-state index is 0.00286. The van der Waals surface area contributed by atoms with Gasteiger partial charge in [-0.1, -0.05) is 143 Å². The van der Waals surface area contributed by atoms with Gasteiger partial charge in [0.25, 0.3) is 0 Å². The Morgan fingerprint density at radius 1 is 0.607 bits per heavy atom. The number of hydrogen-bond acceptors (Lipinski definition) is 8. The van der Waals surface area contributed by atoms with Crippen LogP contribution in [-0.4, -0.2) is 87.1 Å². The highest BCUT2D eigenvalue weighted by Gasteiger charge is 2.36. The third kappa shape index (κ3) is 38.3. The molecule has 0 saturated carbocycles. The van der Waals surface area contributed by atoms with Crippen molar-refractivity contribution in [3.63, 3.8) is 0 Å². The number of esters is 2. The third-order valence-electron chi connectivity index (χ3n) is 9.52. The highest BCUT2D eigenvalue weighted by atomic mass is 31.2. The summed E-state index contributed by atoms with van der Waals surface area (Å²) in [5.41, 5.74) is 0. The molecule has 10 nitrogen and oxygen atoms in total. The Bertz CT molecular complexity index is 1420. The van der Waals surface area contributed by atoms with Crippen LogP contribution >= 0.6 is 7.82 Å². The maximum absolute atomic E-state index is 12.7. The number of rotatable bonds is 39. The van der Waals surface area contributed by atoms with E-state index in [1.165, 1.54) is 51.4 Å². The van der Waals surface area contributed by atoms with Crippen molar-refractivity contribution in [3.05, 3.63) is 97.2 Å². The molecule has 0 aromatic carbocycles. The van der Waals surface area contributed by atoms with E-state index >= 15 is 0 Å². The summed E-state index contributed by atoms with van der Waals surface area (Å²) in [6.45, 7) is 4.18. The summed E-state index contributed by atoms with van der Waals surface area (Å²) in [6, 6.07) is 0. The van der Waals surface area contributed by atoms with Crippen molar-refractivity contribution in [2.24, 2.45) is 0 Å². The van der Waals surface area contributed by atoms with Gasteiger partial charge < -0.3 is 23.6 Å². The average molecular weight is 873 g/mol. The molecular weight excluding hydrogens is 790 g/mol. The van der Waals surface area contributed by atoms with Crippen molar-refractivity contribution in [1.29, 1.82) is 0 Å². The van der Waals surface area contributed by atoms with E-state index in [9.17, 15) is 19.0 Å². The lowest BCUT2D eigenvalue weighted by molar-refractivity contribution is -0.870. The number of ether oxygens (including phenoxy) is 3. The molecule has 1 rings (SSSR count). The fourth-order valence-electron chi connectivity index (χ4n) is 5.79. The first-order valence-electron chi connectivity index (χ1n) is 23.1. The SMILES string of the molecule is CCCCC/C=C\C/C=C\C/C=C\C/C=C\C/C=C\CCC(=O)OC[C@H](COP(=O)(O)OCC[N+](C)(C)C)OC(=O)CCC/C=C\C/C=C\C/C=C\CC1OC1CCCCC. The number of carbonyl (C=O) groups is 2. The molecule has 1 N–H and O–H groups in total. The predicted octanol–water partition coefficient (Wildman–Crippen LogP) is 12.3. The summed E-state index contributed by atoms with van der Waals surface area (Å²) in [5.74, 6) is -0.976. The van der Waals surface area contributed by atoms with Crippen molar-refractivity contribution in [1.82, 2.24) is 0 Å². The largest absolute Gasteiger partial charge is 0.472 e. The van der Waals surface area contributed by atoms with Gasteiger partial charge in [-0.2, -0.15) is 0 Å². The molecule has 1 fully saturated rings. The minimum Gasteiger partial charge on any atom is -0.462 e. The van der Waals surface area contributed by atoms with Crippen molar-refractivity contribution in [2.45, 2.75) is 161 Å². The molecule has 0 aromatic rings. The van der Waals surface area contributed by atoms with Crippen LogP contribution in [0.1, 0.15) is 142 Å². The molecule has 0 radical (unpaired) electrons. The number of unbranched alkanes of at least 4 members (excludes halogenated alkanes) is 6. The lowest BCUT2D eigenvalue weighted by Crippen LogP contribution is -2.37. The van der Waals surface area contributed by atoms with E-state index < -0.39 is 32.5 Å². The van der Waals surface area contributed by atoms with Crippen LogP contribution < -0.4 is 0 Å². The molecule has 0 aromatic heterocycles. The third-order valence-corrected chi connectivity index (χ3v) is 10.5. The number of likely N-dealkylation sites (N-methyl/N-ethyl adjacent to an activating group) is 1. The van der Waals surface area contributed by atoms with E-state index in [-0.39, 0.29) is 26.1 Å². The first-order valence-corrected chi connectivity index (χ1v) is 24.6. The summed E-state index contributed by atoms with van der Waals surface area (Å²) >= 11 is 0. The molecule has 0 bridgehead atoms. The second kappa shape index (κ2) is 37.4. The Hall–Kier alpha value is -3.11. The Labute approximate surface area is 370 Å². The van der Waals surface area contributed by atoms with Crippen molar-refractivity contribution >= 4 is 19.8 Å². The van der Waals surface area contributed by atoms with Crippen molar-refractivity contribution in [2.75, 3.05) is 47.5 Å². The van der Waals surface area contributed by atoms with Crippen LogP contribution in [0.25, 0.3) is 0 Å². The monoisotopic (exact) mass is 873 g/mol. The number of phosphoric ester groups is 1. The van der Waals surface area contributed by atoms with Gasteiger partial charge >= 0.3 is 19.8 Å². The van der Waals surface area contributed by atoms with Crippen molar-refractivity contribution in [3.8, 4) is 0 Å². The summed E-state index contributed by atoms with van der Waals surface area (Å²) in [6.07, 6.45) is 52.3. The zero-order valence-corrected chi connectivity index (χ0v) is 39.4. The zero-order chi connectivity index (χ0) is 44.7. The second-order valence-corrected chi connectivity index (χ2v) is 17.9. The van der Waals surface area contributed by atoms with Gasteiger partial charge in [-0.15, -0.1) is 0 Å². The first kappa shape index (κ1) is 55.9. The molecular formula is C50H83NO9P+. The molecule has 11 heteroatoms. The fraction of sp³-hybridized carbons (Fsp3) is 0.640. The van der Waals surface area contributed by atoms with E-state index in [0.29, 0.717) is 42.5 Å². The molecule has 0 spiro atoms. The topological polar surface area (TPSA) is 121 Å². The molecule has 61 heavy (non-hydrogen) atoms. The quantitative estimate of drug-likeness (QED) is 0.0161. The summed E-state index contributed by atoms with van der Waals surface area (Å²) < 4.78 is 39.9. The lowest BCUT2D eigenvalue weighted by atomic mass is 10.1. The standard InChI is InChI=1S/C50H82NO9P/c1-6-8-10-11-12-13-14-15-16-17-18-19-20-21-22-26-29-32-36-40-49(52)56-44-46(45-58-61(54,55)57-43-42-51(3,4)5)59-50(53)41-37-33-30-27-24-23-25-28-31-35-39-48-47(60-48)38-34-9-7-2/h12-13,15-16,18-19,21-23,25,27,29-32,35,46-48H,6-11,14,17,20,24,26,28,33-34,36-45H2,1-5H3/p+1/b13-12-,16-15-,19-18-,22-21-,25-23-,30-27-,32-29-,35-31-/t46-,47?,48?/m1/s1. The molecule has 4 atom stereocenters. The maximum Gasteiger partial charge on any atom is 0.472 e. The summed E-state index contributed by atoms with van der Waals surface area (Å²) in [4.78, 5) is 35.4. The Kier molecular flexibility index (Phi) is 34.3. The minimum atomic E-state index is -4.42. The van der Waals surface area contributed by atoms with Crippen LogP contribution in [0.5, 0.6) is 0 Å². The van der Waals surface area contributed by atoms with E-state index in [1.54, 1.807) is 0 Å². The smallest absolute Gasteiger partial charge is 0.462 e. The fourth-order valence-corrected chi connectivity index (χ4v) is 6.53. The number of phosphoric acid groups is 1.